The van der Waals surface area contributed by atoms with Gasteiger partial charge < -0.3 is 40.3 Å². The fourth-order valence-electron chi connectivity index (χ4n) is 2.31. The number of anilines is 1. The van der Waals surface area contributed by atoms with Crippen molar-refractivity contribution in [2.45, 2.75) is 18.0 Å². The third-order valence-electron chi connectivity index (χ3n) is 3.63. The standard InChI is InChI=1S/C10H12F4N3O13P3S/c11-3-1-17(8(34)16-6(3)15)7-9(19,10(12,13)14)5(18)4(28-7)2-27-32(23,24)30-33(25,26)29-31(20,21)22/h1,7,18-19H,2H2,(H,23,24)(H,25,26)(H2,15,16,34)(H2,20,21,22)/t7-,9?/m1/s1. The lowest BCUT2D eigenvalue weighted by Crippen LogP contribution is -2.51. The van der Waals surface area contributed by atoms with Crippen LogP contribution in [0.4, 0.5) is 23.4 Å². The molecular weight excluding hydrogens is 571 g/mol. The Bertz CT molecular complexity index is 1220. The van der Waals surface area contributed by atoms with Crippen LogP contribution in [0.2, 0.25) is 0 Å². The van der Waals surface area contributed by atoms with Gasteiger partial charge in [-0.05, 0) is 12.2 Å². The monoisotopic (exact) mass is 583 g/mol. The van der Waals surface area contributed by atoms with Crippen molar-refractivity contribution in [1.29, 1.82) is 0 Å². The van der Waals surface area contributed by atoms with E-state index in [1.807, 2.05) is 0 Å². The summed E-state index contributed by atoms with van der Waals surface area (Å²) in [6, 6.07) is 0. The van der Waals surface area contributed by atoms with Crippen LogP contribution in [0.1, 0.15) is 6.23 Å². The quantitative estimate of drug-likeness (QED) is 0.129. The molecule has 24 heteroatoms. The maximum absolute atomic E-state index is 13.8. The molecule has 0 bridgehead atoms. The number of aliphatic hydroxyl groups is 2. The average Bonchev–Trinajstić information content (AvgIpc) is 2.85. The number of rotatable bonds is 8. The number of ether oxygens (including phenoxy) is 1. The summed E-state index contributed by atoms with van der Waals surface area (Å²) >= 11 is 4.64. The molecule has 1 aliphatic rings. The van der Waals surface area contributed by atoms with Gasteiger partial charge in [-0.3, -0.25) is 9.09 Å². The Labute approximate surface area is 189 Å². The van der Waals surface area contributed by atoms with Crippen LogP contribution in [-0.4, -0.2) is 57.7 Å². The highest BCUT2D eigenvalue weighted by atomic mass is 32.1. The second kappa shape index (κ2) is 9.20. The maximum atomic E-state index is 13.8. The zero-order valence-corrected chi connectivity index (χ0v) is 19.1. The van der Waals surface area contributed by atoms with Crippen molar-refractivity contribution < 1.29 is 78.9 Å². The third kappa shape index (κ3) is 6.20. The van der Waals surface area contributed by atoms with Crippen LogP contribution in [-0.2, 0) is 31.6 Å². The van der Waals surface area contributed by atoms with E-state index >= 15 is 0 Å². The summed E-state index contributed by atoms with van der Waals surface area (Å²) in [5.41, 5.74) is 0.777. The summed E-state index contributed by atoms with van der Waals surface area (Å²) in [6.07, 6.45) is -8.33. The Balaban J connectivity index is 2.37. The Morgan fingerprint density at radius 3 is 2.26 bits per heavy atom. The highest BCUT2D eigenvalue weighted by Crippen LogP contribution is 2.66. The van der Waals surface area contributed by atoms with E-state index in [0.717, 1.165) is 0 Å². The van der Waals surface area contributed by atoms with Gasteiger partial charge in [0.25, 0.3) is 5.60 Å². The first-order chi connectivity index (χ1) is 15.1. The largest absolute Gasteiger partial charge is 0.506 e. The molecule has 2 rings (SSSR count). The van der Waals surface area contributed by atoms with Crippen LogP contribution in [0, 0.1) is 10.6 Å². The molecule has 0 aromatic carbocycles. The number of alkyl halides is 3. The van der Waals surface area contributed by atoms with Gasteiger partial charge >= 0.3 is 29.6 Å². The van der Waals surface area contributed by atoms with Crippen molar-refractivity contribution in [3.8, 4) is 0 Å². The van der Waals surface area contributed by atoms with Crippen molar-refractivity contribution in [2.75, 3.05) is 12.3 Å². The SMILES string of the molecule is Nc1nc(=S)n([C@@H]2OC(COP(=O)(O)OP(=O)(O)OP(=O)(O)O)=C(O)C2(O)C(F)(F)F)cc1F. The smallest absolute Gasteiger partial charge is 0.490 e. The van der Waals surface area contributed by atoms with Crippen LogP contribution < -0.4 is 5.73 Å². The zero-order valence-electron chi connectivity index (χ0n) is 15.6. The molecule has 2 heterocycles. The Morgan fingerprint density at radius 1 is 1.21 bits per heavy atom. The zero-order chi connectivity index (χ0) is 26.5. The minimum absolute atomic E-state index is 0.0998. The predicted octanol–water partition coefficient (Wildman–Crippen LogP) is 1.27. The van der Waals surface area contributed by atoms with Crippen molar-refractivity contribution >= 4 is 41.5 Å². The van der Waals surface area contributed by atoms with Crippen molar-refractivity contribution in [1.82, 2.24) is 9.55 Å². The van der Waals surface area contributed by atoms with Crippen LogP contribution in [0.5, 0.6) is 0 Å². The number of nitrogens with two attached hydrogens (primary N) is 1. The number of nitrogens with zero attached hydrogens (tertiary/aromatic N) is 2. The van der Waals surface area contributed by atoms with Gasteiger partial charge in [0.05, 0.1) is 0 Å². The van der Waals surface area contributed by atoms with Crippen LogP contribution in [0.3, 0.4) is 0 Å². The molecule has 0 spiro atoms. The summed E-state index contributed by atoms with van der Waals surface area (Å²) in [7, 11) is -17.6. The number of hydrogen-bond acceptors (Lipinski definition) is 12. The molecule has 0 radical (unpaired) electrons. The maximum Gasteiger partial charge on any atom is 0.490 e. The van der Waals surface area contributed by atoms with Crippen molar-refractivity contribution in [3.63, 3.8) is 0 Å². The molecular formula is C10H12F4N3O13P3S. The van der Waals surface area contributed by atoms with E-state index in [1.165, 1.54) is 0 Å². The second-order valence-corrected chi connectivity index (χ2v) is 10.8. The Kier molecular flexibility index (Phi) is 7.78. The Hall–Kier alpha value is -1.47. The van der Waals surface area contributed by atoms with Gasteiger partial charge in [-0.1, -0.05) is 0 Å². The van der Waals surface area contributed by atoms with Crippen molar-refractivity contribution in [2.24, 2.45) is 0 Å². The van der Waals surface area contributed by atoms with Crippen LogP contribution in [0.25, 0.3) is 0 Å². The number of phosphoric acid groups is 3. The number of halogens is 4. The molecule has 1 aliphatic heterocycles. The molecule has 4 atom stereocenters. The van der Waals surface area contributed by atoms with Gasteiger partial charge in [0, 0.05) is 6.20 Å². The van der Waals surface area contributed by atoms with Gasteiger partial charge in [0.2, 0.25) is 11.0 Å². The third-order valence-corrected chi connectivity index (χ3v) is 7.71. The lowest BCUT2D eigenvalue weighted by Gasteiger charge is -2.31. The molecule has 194 valence electrons. The summed E-state index contributed by atoms with van der Waals surface area (Å²) in [5.74, 6) is -5.74. The fraction of sp³-hybridized carbons (Fsp3) is 0.400. The molecule has 0 saturated heterocycles. The Morgan fingerprint density at radius 2 is 1.76 bits per heavy atom. The summed E-state index contributed by atoms with van der Waals surface area (Å²) in [4.78, 5) is 38.5. The van der Waals surface area contributed by atoms with E-state index in [9.17, 15) is 46.4 Å². The molecule has 16 nitrogen and oxygen atoms in total. The molecule has 8 N–H and O–H groups in total. The van der Waals surface area contributed by atoms with E-state index in [2.05, 4.69) is 30.3 Å². The van der Waals surface area contributed by atoms with E-state index in [4.69, 9.17) is 25.2 Å². The van der Waals surface area contributed by atoms with Crippen molar-refractivity contribution in [3.05, 3.63) is 28.3 Å². The van der Waals surface area contributed by atoms with E-state index in [1.54, 1.807) is 0 Å². The van der Waals surface area contributed by atoms with E-state index in [0.29, 0.717) is 0 Å². The predicted molar refractivity (Wildman–Crippen MR) is 98.0 cm³/mol. The molecule has 1 aromatic rings. The first kappa shape index (κ1) is 28.8. The lowest BCUT2D eigenvalue weighted by molar-refractivity contribution is -0.286. The number of nitrogen functional groups attached to an aromatic ring is 1. The number of phosphoric ester groups is 1. The average molecular weight is 583 g/mol. The van der Waals surface area contributed by atoms with Gasteiger partial charge in [-0.2, -0.15) is 26.8 Å². The summed E-state index contributed by atoms with van der Waals surface area (Å²) in [6.45, 7) is -1.69. The summed E-state index contributed by atoms with van der Waals surface area (Å²) < 4.78 is 103. The molecule has 0 aliphatic carbocycles. The van der Waals surface area contributed by atoms with E-state index < -0.39 is 76.0 Å². The topological polar surface area (TPSA) is 253 Å². The van der Waals surface area contributed by atoms with Gasteiger partial charge in [-0.25, -0.2) is 18.1 Å². The highest BCUT2D eigenvalue weighted by molar-refractivity contribution is 7.71. The molecule has 0 fully saturated rings. The normalized spacial score (nSPS) is 25.0. The molecule has 0 saturated carbocycles. The molecule has 34 heavy (non-hydrogen) atoms. The summed E-state index contributed by atoms with van der Waals surface area (Å²) in [5, 5.41) is 20.1. The van der Waals surface area contributed by atoms with Crippen LogP contribution in [0.15, 0.2) is 17.7 Å². The minimum Gasteiger partial charge on any atom is -0.506 e. The van der Waals surface area contributed by atoms with E-state index in [-0.39, 0.29) is 10.8 Å². The first-order valence-corrected chi connectivity index (χ1v) is 12.7. The molecule has 1 aromatic heterocycles. The van der Waals surface area contributed by atoms with Gasteiger partial charge in [-0.15, -0.1) is 0 Å². The van der Waals surface area contributed by atoms with Gasteiger partial charge in [0.1, 0.15) is 6.61 Å². The van der Waals surface area contributed by atoms with Gasteiger partial charge in [0.15, 0.2) is 23.2 Å². The number of hydrogen-bond donors (Lipinski definition) is 7. The highest BCUT2D eigenvalue weighted by Gasteiger charge is 2.68. The second-order valence-electron chi connectivity index (χ2n) is 6.03. The molecule has 3 unspecified atom stereocenters. The lowest BCUT2D eigenvalue weighted by atomic mass is 9.99. The first-order valence-electron chi connectivity index (χ1n) is 7.80. The number of aromatic nitrogens is 2. The number of aliphatic hydroxyl groups excluding tert-OH is 1. The minimum atomic E-state index is -5.97. The van der Waals surface area contributed by atoms with Crippen LogP contribution >= 0.6 is 35.7 Å². The molecule has 0 amide bonds. The fourth-order valence-corrected chi connectivity index (χ4v) is 5.53.